The molecule has 0 bridgehead atoms. The molecule has 2 aliphatic heterocycles. The van der Waals surface area contributed by atoms with E-state index in [0.717, 1.165) is 38.1 Å². The number of likely N-dealkylation sites (tertiary alicyclic amines) is 1. The average molecular weight is 543 g/mol. The monoisotopic (exact) mass is 542 g/mol. The third-order valence-corrected chi connectivity index (χ3v) is 6.71. The summed E-state index contributed by atoms with van der Waals surface area (Å²) in [6.07, 6.45) is 9.07. The number of piperidine rings is 1. The van der Waals surface area contributed by atoms with E-state index in [0.29, 0.717) is 5.92 Å². The second kappa shape index (κ2) is 14.3. The summed E-state index contributed by atoms with van der Waals surface area (Å²) >= 11 is 0. The number of nitrogens with zero attached hydrogens (tertiary/aromatic N) is 2. The molecule has 1 aromatic carbocycles. The number of aryl methyl sites for hydroxylation is 1. The van der Waals surface area contributed by atoms with Crippen molar-refractivity contribution in [2.24, 2.45) is 10.9 Å². The lowest BCUT2D eigenvalue weighted by molar-refractivity contribution is -0.0265. The molecule has 2 aliphatic rings. The first-order chi connectivity index (χ1) is 14.7. The zero-order valence-electron chi connectivity index (χ0n) is 19.7. The molecule has 176 valence electrons. The lowest BCUT2D eigenvalue weighted by Crippen LogP contribution is -2.42. The van der Waals surface area contributed by atoms with Crippen molar-refractivity contribution in [3.8, 4) is 0 Å². The molecule has 5 nitrogen and oxygen atoms in total. The van der Waals surface area contributed by atoms with E-state index < -0.39 is 0 Å². The minimum atomic E-state index is 0. The van der Waals surface area contributed by atoms with Gasteiger partial charge in [0, 0.05) is 38.7 Å². The van der Waals surface area contributed by atoms with Gasteiger partial charge in [0.1, 0.15) is 0 Å². The maximum absolute atomic E-state index is 6.16. The third kappa shape index (κ3) is 8.54. The highest BCUT2D eigenvalue weighted by molar-refractivity contribution is 14.0. The number of unbranched alkanes of at least 4 members (excludes halogenated alkanes) is 1. The van der Waals surface area contributed by atoms with E-state index in [4.69, 9.17) is 4.74 Å². The molecule has 3 atom stereocenters. The molecule has 3 rings (SSSR count). The van der Waals surface area contributed by atoms with Crippen LogP contribution >= 0.6 is 24.0 Å². The van der Waals surface area contributed by atoms with Gasteiger partial charge in [-0.1, -0.05) is 36.2 Å². The third-order valence-electron chi connectivity index (χ3n) is 6.71. The van der Waals surface area contributed by atoms with Crippen molar-refractivity contribution in [1.29, 1.82) is 0 Å². The summed E-state index contributed by atoms with van der Waals surface area (Å²) < 4.78 is 6.16. The fourth-order valence-corrected chi connectivity index (χ4v) is 4.76. The topological polar surface area (TPSA) is 48.9 Å². The van der Waals surface area contributed by atoms with Gasteiger partial charge in [-0.2, -0.15) is 0 Å². The van der Waals surface area contributed by atoms with E-state index in [2.05, 4.69) is 58.6 Å². The Morgan fingerprint density at radius 3 is 2.65 bits per heavy atom. The quantitative estimate of drug-likeness (QED) is 0.212. The predicted octanol–water partition coefficient (Wildman–Crippen LogP) is 4.90. The average Bonchev–Trinajstić information content (AvgIpc) is 2.77. The van der Waals surface area contributed by atoms with Crippen LogP contribution in [0.5, 0.6) is 0 Å². The fraction of sp³-hybridized carbons (Fsp3) is 0.720. The van der Waals surface area contributed by atoms with Crippen molar-refractivity contribution in [1.82, 2.24) is 15.5 Å². The van der Waals surface area contributed by atoms with Crippen LogP contribution in [0.3, 0.4) is 0 Å². The Morgan fingerprint density at radius 1 is 1.10 bits per heavy atom. The Kier molecular flexibility index (Phi) is 12.2. The van der Waals surface area contributed by atoms with E-state index in [1.165, 1.54) is 62.7 Å². The first kappa shape index (κ1) is 26.4. The minimum Gasteiger partial charge on any atom is -0.373 e. The van der Waals surface area contributed by atoms with Crippen molar-refractivity contribution >= 4 is 29.9 Å². The van der Waals surface area contributed by atoms with Gasteiger partial charge in [0.2, 0.25) is 0 Å². The van der Waals surface area contributed by atoms with Gasteiger partial charge in [0.05, 0.1) is 6.10 Å². The van der Waals surface area contributed by atoms with Gasteiger partial charge in [-0.3, -0.25) is 4.99 Å². The molecule has 0 aliphatic carbocycles. The molecule has 2 saturated heterocycles. The molecule has 2 N–H and O–H groups in total. The maximum Gasteiger partial charge on any atom is 0.190 e. The Hall–Kier alpha value is -0.860. The second-order valence-corrected chi connectivity index (χ2v) is 9.07. The number of halogens is 1. The van der Waals surface area contributed by atoms with Crippen LogP contribution in [-0.4, -0.2) is 56.7 Å². The summed E-state index contributed by atoms with van der Waals surface area (Å²) in [7, 11) is 1.86. The highest BCUT2D eigenvalue weighted by Crippen LogP contribution is 2.33. The standard InChI is InChI=1S/C25H42N4O.HI/c1-20-11-13-22(14-12-20)24-23(10-8-18-30-24)19-28-25(26-3)27-15-5-7-17-29-16-6-4-9-21(29)2;/h11-14,21,23-24H,4-10,15-19H2,1-3H3,(H2,26,27,28);1H. The van der Waals surface area contributed by atoms with Gasteiger partial charge in [-0.05, 0) is 71.0 Å². The Labute approximate surface area is 206 Å². The Morgan fingerprint density at radius 2 is 1.90 bits per heavy atom. The van der Waals surface area contributed by atoms with E-state index in [-0.39, 0.29) is 30.1 Å². The molecule has 0 spiro atoms. The van der Waals surface area contributed by atoms with Crippen LogP contribution in [0.15, 0.2) is 29.3 Å². The lowest BCUT2D eigenvalue weighted by Gasteiger charge is -2.33. The highest BCUT2D eigenvalue weighted by atomic mass is 127. The number of guanidine groups is 1. The van der Waals surface area contributed by atoms with E-state index in [1.807, 2.05) is 7.05 Å². The number of aliphatic imine (C=N–C) groups is 1. The molecule has 1 aromatic rings. The predicted molar refractivity (Wildman–Crippen MR) is 141 cm³/mol. The second-order valence-electron chi connectivity index (χ2n) is 9.07. The number of benzene rings is 1. The summed E-state index contributed by atoms with van der Waals surface area (Å²) in [6, 6.07) is 9.56. The van der Waals surface area contributed by atoms with Crippen LogP contribution in [0.4, 0.5) is 0 Å². The first-order valence-corrected chi connectivity index (χ1v) is 12.0. The molecule has 0 saturated carbocycles. The smallest absolute Gasteiger partial charge is 0.190 e. The summed E-state index contributed by atoms with van der Waals surface area (Å²) in [4.78, 5) is 7.08. The number of rotatable bonds is 8. The SMILES string of the molecule is CN=C(NCCCCN1CCCCC1C)NCC1CCCOC1c1ccc(C)cc1.I. The molecule has 3 unspecified atom stereocenters. The molecule has 2 fully saturated rings. The van der Waals surface area contributed by atoms with Gasteiger partial charge in [0.15, 0.2) is 5.96 Å². The summed E-state index contributed by atoms with van der Waals surface area (Å²) in [5.41, 5.74) is 2.59. The molecule has 0 aromatic heterocycles. The Bertz CT molecular complexity index is 651. The summed E-state index contributed by atoms with van der Waals surface area (Å²) in [5, 5.41) is 7.05. The van der Waals surface area contributed by atoms with Crippen LogP contribution in [0.1, 0.15) is 69.1 Å². The molecular formula is C25H43IN4O. The van der Waals surface area contributed by atoms with E-state index in [9.17, 15) is 0 Å². The Balaban J connectivity index is 0.00000341. The van der Waals surface area contributed by atoms with Gasteiger partial charge in [-0.25, -0.2) is 0 Å². The molecule has 6 heteroatoms. The largest absolute Gasteiger partial charge is 0.373 e. The van der Waals surface area contributed by atoms with Gasteiger partial charge >= 0.3 is 0 Å². The zero-order chi connectivity index (χ0) is 21.2. The van der Waals surface area contributed by atoms with E-state index in [1.54, 1.807) is 0 Å². The normalized spacial score (nSPS) is 25.0. The highest BCUT2D eigenvalue weighted by Gasteiger charge is 2.27. The van der Waals surface area contributed by atoms with Gasteiger partial charge in [-0.15, -0.1) is 24.0 Å². The van der Waals surface area contributed by atoms with Crippen molar-refractivity contribution in [3.05, 3.63) is 35.4 Å². The fourth-order valence-electron chi connectivity index (χ4n) is 4.76. The zero-order valence-corrected chi connectivity index (χ0v) is 22.1. The van der Waals surface area contributed by atoms with Crippen LogP contribution in [0.25, 0.3) is 0 Å². The van der Waals surface area contributed by atoms with Gasteiger partial charge in [0.25, 0.3) is 0 Å². The number of nitrogens with one attached hydrogen (secondary N) is 2. The van der Waals surface area contributed by atoms with Crippen molar-refractivity contribution in [3.63, 3.8) is 0 Å². The van der Waals surface area contributed by atoms with Crippen LogP contribution in [0.2, 0.25) is 0 Å². The summed E-state index contributed by atoms with van der Waals surface area (Å²) in [5.74, 6) is 1.38. The van der Waals surface area contributed by atoms with Gasteiger partial charge < -0.3 is 20.3 Å². The number of hydrogen-bond donors (Lipinski definition) is 2. The minimum absolute atomic E-state index is 0. The molecular weight excluding hydrogens is 499 g/mol. The van der Waals surface area contributed by atoms with Crippen LogP contribution in [-0.2, 0) is 4.74 Å². The number of hydrogen-bond acceptors (Lipinski definition) is 3. The van der Waals surface area contributed by atoms with Crippen molar-refractivity contribution < 1.29 is 4.74 Å². The molecule has 0 amide bonds. The first-order valence-electron chi connectivity index (χ1n) is 12.0. The van der Waals surface area contributed by atoms with Crippen molar-refractivity contribution in [2.75, 3.05) is 39.8 Å². The maximum atomic E-state index is 6.16. The molecule has 2 heterocycles. The molecule has 31 heavy (non-hydrogen) atoms. The lowest BCUT2D eigenvalue weighted by atomic mass is 9.89. The van der Waals surface area contributed by atoms with Crippen LogP contribution < -0.4 is 10.6 Å². The van der Waals surface area contributed by atoms with Crippen LogP contribution in [0, 0.1) is 12.8 Å². The summed E-state index contributed by atoms with van der Waals surface area (Å²) in [6.45, 7) is 9.75. The van der Waals surface area contributed by atoms with E-state index >= 15 is 0 Å². The molecule has 0 radical (unpaired) electrons. The van der Waals surface area contributed by atoms with Crippen molar-refractivity contribution in [2.45, 2.75) is 70.9 Å². The number of ether oxygens (including phenoxy) is 1.